The van der Waals surface area contributed by atoms with Crippen molar-refractivity contribution in [3.63, 3.8) is 0 Å². The maximum absolute atomic E-state index is 13.1. The van der Waals surface area contributed by atoms with Crippen LogP contribution in [0, 0.1) is 0 Å². The zero-order valence-electron chi connectivity index (χ0n) is 11.5. The van der Waals surface area contributed by atoms with Gasteiger partial charge in [0.25, 0.3) is 0 Å². The maximum Gasteiger partial charge on any atom is 0.418 e. The third kappa shape index (κ3) is 2.76. The molecule has 0 spiro atoms. The van der Waals surface area contributed by atoms with Crippen LogP contribution in [0.25, 0.3) is 0 Å². The van der Waals surface area contributed by atoms with E-state index in [0.717, 1.165) is 0 Å². The van der Waals surface area contributed by atoms with Crippen LogP contribution in [0.1, 0.15) is 40.1 Å². The number of hydrogen-bond donors (Lipinski definition) is 0. The molecule has 2 atom stereocenters. The van der Waals surface area contributed by atoms with E-state index in [2.05, 4.69) is 0 Å². The molecule has 0 bridgehead atoms. The van der Waals surface area contributed by atoms with Crippen LogP contribution in [0.3, 0.4) is 0 Å². The predicted molar refractivity (Wildman–Crippen MR) is 74.5 cm³/mol. The Labute approximate surface area is 125 Å². The molecular formula is C17H13F3O2. The van der Waals surface area contributed by atoms with E-state index < -0.39 is 18.4 Å². The molecule has 0 radical (unpaired) electrons. The van der Waals surface area contributed by atoms with E-state index in [9.17, 15) is 18.0 Å². The van der Waals surface area contributed by atoms with E-state index in [1.807, 2.05) is 0 Å². The summed E-state index contributed by atoms with van der Waals surface area (Å²) in [4.78, 5) is 12.2. The van der Waals surface area contributed by atoms with Gasteiger partial charge >= 0.3 is 6.18 Å². The number of carbonyl (C=O) groups is 1. The standard InChI is InChI=1S/C17H13F3O2/c18-17(19,20)16-13-9-5-4-8-12(13)15(22-16)10-14(21)11-6-2-1-3-7-11/h1-9,15-16H,10H2. The summed E-state index contributed by atoms with van der Waals surface area (Å²) in [6, 6.07) is 14.7. The number of rotatable bonds is 3. The lowest BCUT2D eigenvalue weighted by atomic mass is 9.97. The monoisotopic (exact) mass is 306 g/mol. The van der Waals surface area contributed by atoms with Crippen LogP contribution >= 0.6 is 0 Å². The second kappa shape index (κ2) is 5.57. The fraction of sp³-hybridized carbons (Fsp3) is 0.235. The quantitative estimate of drug-likeness (QED) is 0.773. The van der Waals surface area contributed by atoms with Gasteiger partial charge in [-0.3, -0.25) is 4.79 Å². The summed E-state index contributed by atoms with van der Waals surface area (Å²) in [7, 11) is 0. The second-order valence-corrected chi connectivity index (χ2v) is 5.17. The summed E-state index contributed by atoms with van der Waals surface area (Å²) in [5.41, 5.74) is 1.01. The fourth-order valence-corrected chi connectivity index (χ4v) is 2.68. The summed E-state index contributed by atoms with van der Waals surface area (Å²) < 4.78 is 44.3. The van der Waals surface area contributed by atoms with Gasteiger partial charge in [0.1, 0.15) is 0 Å². The van der Waals surface area contributed by atoms with Crippen molar-refractivity contribution in [2.24, 2.45) is 0 Å². The van der Waals surface area contributed by atoms with E-state index in [1.165, 1.54) is 6.07 Å². The van der Waals surface area contributed by atoms with Gasteiger partial charge in [0.05, 0.1) is 6.10 Å². The van der Waals surface area contributed by atoms with Crippen LogP contribution in [0.4, 0.5) is 13.2 Å². The number of carbonyl (C=O) groups excluding carboxylic acids is 1. The van der Waals surface area contributed by atoms with E-state index in [-0.39, 0.29) is 17.8 Å². The van der Waals surface area contributed by atoms with E-state index in [4.69, 9.17) is 4.74 Å². The van der Waals surface area contributed by atoms with Gasteiger partial charge in [-0.1, -0.05) is 54.6 Å². The van der Waals surface area contributed by atoms with Gasteiger partial charge < -0.3 is 4.74 Å². The van der Waals surface area contributed by atoms with E-state index >= 15 is 0 Å². The number of Topliss-reactive ketones (excluding diaryl/α,β-unsaturated/α-hetero) is 1. The number of alkyl halides is 3. The van der Waals surface area contributed by atoms with Crippen molar-refractivity contribution in [1.29, 1.82) is 0 Å². The number of halogens is 3. The topological polar surface area (TPSA) is 26.3 Å². The molecule has 2 aromatic carbocycles. The molecule has 5 heteroatoms. The Morgan fingerprint density at radius 1 is 0.955 bits per heavy atom. The minimum absolute atomic E-state index is 0.0980. The Hall–Kier alpha value is -2.14. The molecule has 0 fully saturated rings. The first-order valence-electron chi connectivity index (χ1n) is 6.86. The maximum atomic E-state index is 13.1. The molecule has 3 rings (SSSR count). The molecule has 0 aromatic heterocycles. The molecule has 0 N–H and O–H groups in total. The second-order valence-electron chi connectivity index (χ2n) is 5.17. The first-order chi connectivity index (χ1) is 10.5. The van der Waals surface area contributed by atoms with E-state index in [1.54, 1.807) is 48.5 Å². The molecule has 0 aliphatic carbocycles. The molecule has 0 saturated carbocycles. The molecule has 0 saturated heterocycles. The highest BCUT2D eigenvalue weighted by Gasteiger charge is 2.48. The molecule has 22 heavy (non-hydrogen) atoms. The molecule has 2 unspecified atom stereocenters. The van der Waals surface area contributed by atoms with Gasteiger partial charge in [-0.15, -0.1) is 0 Å². The zero-order valence-corrected chi connectivity index (χ0v) is 11.5. The van der Waals surface area contributed by atoms with Crippen molar-refractivity contribution in [3.8, 4) is 0 Å². The first kappa shape index (κ1) is 14.8. The van der Waals surface area contributed by atoms with Crippen LogP contribution in [0.5, 0.6) is 0 Å². The number of ketones is 1. The Morgan fingerprint density at radius 2 is 1.55 bits per heavy atom. The molecular weight excluding hydrogens is 293 g/mol. The van der Waals surface area contributed by atoms with Crippen LogP contribution in [-0.2, 0) is 4.74 Å². The Bertz CT molecular complexity index is 680. The van der Waals surface area contributed by atoms with Crippen molar-refractivity contribution in [2.45, 2.75) is 24.8 Å². The molecule has 1 aliphatic rings. The average molecular weight is 306 g/mol. The lowest BCUT2D eigenvalue weighted by Gasteiger charge is -2.17. The van der Waals surface area contributed by atoms with Crippen molar-refractivity contribution in [3.05, 3.63) is 71.3 Å². The Morgan fingerprint density at radius 3 is 2.18 bits per heavy atom. The summed E-state index contributed by atoms with van der Waals surface area (Å²) in [6.07, 6.45) is -7.42. The zero-order chi connectivity index (χ0) is 15.7. The number of benzene rings is 2. The first-order valence-corrected chi connectivity index (χ1v) is 6.86. The molecule has 114 valence electrons. The summed E-state index contributed by atoms with van der Waals surface area (Å²) >= 11 is 0. The molecule has 2 nitrogen and oxygen atoms in total. The highest BCUT2D eigenvalue weighted by atomic mass is 19.4. The SMILES string of the molecule is O=C(CC1OC(C(F)(F)F)c2ccccc21)c1ccccc1. The average Bonchev–Trinajstić information content (AvgIpc) is 2.87. The van der Waals surface area contributed by atoms with Crippen LogP contribution < -0.4 is 0 Å². The van der Waals surface area contributed by atoms with Crippen molar-refractivity contribution < 1.29 is 22.7 Å². The van der Waals surface area contributed by atoms with Crippen molar-refractivity contribution in [1.82, 2.24) is 0 Å². The third-order valence-corrected chi connectivity index (χ3v) is 3.69. The van der Waals surface area contributed by atoms with Crippen molar-refractivity contribution >= 4 is 5.78 Å². The number of fused-ring (bicyclic) bond motifs is 1. The predicted octanol–water partition coefficient (Wildman–Crippen LogP) is 4.63. The normalized spacial score (nSPS) is 20.7. The van der Waals surface area contributed by atoms with Gasteiger partial charge in [0.15, 0.2) is 11.9 Å². The lowest BCUT2D eigenvalue weighted by molar-refractivity contribution is -0.228. The van der Waals surface area contributed by atoms with Gasteiger partial charge in [-0.05, 0) is 11.1 Å². The highest BCUT2D eigenvalue weighted by molar-refractivity contribution is 5.96. The molecule has 2 aromatic rings. The summed E-state index contributed by atoms with van der Waals surface area (Å²) in [5.74, 6) is -0.233. The van der Waals surface area contributed by atoms with E-state index in [0.29, 0.717) is 11.1 Å². The smallest absolute Gasteiger partial charge is 0.356 e. The summed E-state index contributed by atoms with van der Waals surface area (Å²) in [5, 5.41) is 0. The third-order valence-electron chi connectivity index (χ3n) is 3.69. The Balaban J connectivity index is 1.86. The number of hydrogen-bond acceptors (Lipinski definition) is 2. The van der Waals surface area contributed by atoms with Gasteiger partial charge in [-0.2, -0.15) is 13.2 Å². The van der Waals surface area contributed by atoms with Crippen molar-refractivity contribution in [2.75, 3.05) is 0 Å². The van der Waals surface area contributed by atoms with Gasteiger partial charge in [0.2, 0.25) is 0 Å². The molecule has 0 amide bonds. The minimum Gasteiger partial charge on any atom is -0.356 e. The lowest BCUT2D eigenvalue weighted by Crippen LogP contribution is -2.20. The largest absolute Gasteiger partial charge is 0.418 e. The Kier molecular flexibility index (Phi) is 3.74. The molecule has 1 heterocycles. The fourth-order valence-electron chi connectivity index (χ4n) is 2.68. The van der Waals surface area contributed by atoms with Crippen LogP contribution in [0.15, 0.2) is 54.6 Å². The highest BCUT2D eigenvalue weighted by Crippen LogP contribution is 2.48. The summed E-state index contributed by atoms with van der Waals surface area (Å²) in [6.45, 7) is 0. The van der Waals surface area contributed by atoms with Gasteiger partial charge in [0, 0.05) is 12.0 Å². The molecule has 1 aliphatic heterocycles. The van der Waals surface area contributed by atoms with Crippen LogP contribution in [0.2, 0.25) is 0 Å². The number of ether oxygens (including phenoxy) is 1. The van der Waals surface area contributed by atoms with Gasteiger partial charge in [-0.25, -0.2) is 0 Å². The van der Waals surface area contributed by atoms with Crippen LogP contribution in [-0.4, -0.2) is 12.0 Å². The minimum atomic E-state index is -4.49.